The number of halogens is 2. The van der Waals surface area contributed by atoms with Crippen molar-refractivity contribution in [2.24, 2.45) is 5.92 Å². The van der Waals surface area contributed by atoms with Crippen molar-refractivity contribution in [1.29, 1.82) is 0 Å². The number of rotatable bonds is 3. The number of hydrogen-bond acceptors (Lipinski definition) is 1. The van der Waals surface area contributed by atoms with Gasteiger partial charge in [0, 0.05) is 16.6 Å². The highest BCUT2D eigenvalue weighted by Crippen LogP contribution is 2.28. The fourth-order valence-corrected chi connectivity index (χ4v) is 1.73. The summed E-state index contributed by atoms with van der Waals surface area (Å²) < 4.78 is 0.808. The molecule has 1 aromatic carbocycles. The summed E-state index contributed by atoms with van der Waals surface area (Å²) in [4.78, 5) is 11.7. The van der Waals surface area contributed by atoms with E-state index in [0.29, 0.717) is 16.5 Å². The molecule has 0 atom stereocenters. The molecule has 0 radical (unpaired) electrons. The molecule has 0 spiro atoms. The Hall–Kier alpha value is -0.540. The van der Waals surface area contributed by atoms with E-state index in [1.54, 1.807) is 18.2 Å². The molecule has 1 aliphatic carbocycles. The minimum absolute atomic E-state index is 0.0451. The third kappa shape index (κ3) is 2.95. The average Bonchev–Trinajstić information content (AvgIpc) is 3.02. The van der Waals surface area contributed by atoms with E-state index >= 15 is 0 Å². The third-order valence-corrected chi connectivity index (χ3v) is 3.66. The van der Waals surface area contributed by atoms with Crippen LogP contribution in [0.25, 0.3) is 0 Å². The standard InChI is InChI=1S/C11H11BrClNO/c12-9-4-3-8(5-10(9)13)11(15)14-6-7-1-2-7/h3-5,7H,1-2,6H2,(H,14,15). The van der Waals surface area contributed by atoms with Crippen molar-refractivity contribution in [2.75, 3.05) is 6.54 Å². The van der Waals surface area contributed by atoms with Crippen LogP contribution >= 0.6 is 27.5 Å². The molecule has 0 saturated heterocycles. The van der Waals surface area contributed by atoms with E-state index in [1.165, 1.54) is 12.8 Å². The van der Waals surface area contributed by atoms with Crippen LogP contribution in [0.2, 0.25) is 5.02 Å². The molecule has 0 aliphatic heterocycles. The van der Waals surface area contributed by atoms with Crippen LogP contribution in [0.15, 0.2) is 22.7 Å². The maximum absolute atomic E-state index is 11.7. The fraction of sp³-hybridized carbons (Fsp3) is 0.364. The van der Waals surface area contributed by atoms with E-state index < -0.39 is 0 Å². The summed E-state index contributed by atoms with van der Waals surface area (Å²) in [7, 11) is 0. The summed E-state index contributed by atoms with van der Waals surface area (Å²) in [6.45, 7) is 0.784. The molecular weight excluding hydrogens is 277 g/mol. The summed E-state index contributed by atoms with van der Waals surface area (Å²) in [5.41, 5.74) is 0.615. The lowest BCUT2D eigenvalue weighted by atomic mass is 10.2. The van der Waals surface area contributed by atoms with Crippen molar-refractivity contribution in [3.05, 3.63) is 33.3 Å². The van der Waals surface area contributed by atoms with Gasteiger partial charge in [-0.1, -0.05) is 11.6 Å². The Bertz CT molecular complexity index is 390. The van der Waals surface area contributed by atoms with Crippen LogP contribution in [-0.2, 0) is 0 Å². The van der Waals surface area contributed by atoms with Gasteiger partial charge in [-0.05, 0) is 52.9 Å². The topological polar surface area (TPSA) is 29.1 Å². The number of benzene rings is 1. The van der Waals surface area contributed by atoms with E-state index in [0.717, 1.165) is 11.0 Å². The first-order valence-corrected chi connectivity index (χ1v) is 6.07. The van der Waals surface area contributed by atoms with Gasteiger partial charge in [0.25, 0.3) is 5.91 Å². The predicted octanol–water partition coefficient (Wildman–Crippen LogP) is 3.24. The Morgan fingerprint density at radius 2 is 2.27 bits per heavy atom. The Morgan fingerprint density at radius 1 is 1.53 bits per heavy atom. The maximum Gasteiger partial charge on any atom is 0.251 e. The quantitative estimate of drug-likeness (QED) is 0.909. The van der Waals surface area contributed by atoms with E-state index in [9.17, 15) is 4.79 Å². The minimum atomic E-state index is -0.0451. The fourth-order valence-electron chi connectivity index (χ4n) is 1.30. The molecule has 1 aromatic rings. The summed E-state index contributed by atoms with van der Waals surface area (Å²) >= 11 is 9.19. The van der Waals surface area contributed by atoms with Gasteiger partial charge >= 0.3 is 0 Å². The Morgan fingerprint density at radius 3 is 2.87 bits per heavy atom. The number of carbonyl (C=O) groups is 1. The van der Waals surface area contributed by atoms with Gasteiger partial charge in [-0.25, -0.2) is 0 Å². The van der Waals surface area contributed by atoms with Crippen LogP contribution in [0.3, 0.4) is 0 Å². The summed E-state index contributed by atoms with van der Waals surface area (Å²) in [6, 6.07) is 5.22. The highest BCUT2D eigenvalue weighted by molar-refractivity contribution is 9.10. The Kier molecular flexibility index (Phi) is 3.32. The zero-order chi connectivity index (χ0) is 10.8. The largest absolute Gasteiger partial charge is 0.352 e. The average molecular weight is 289 g/mol. The second-order valence-corrected chi connectivity index (χ2v) is 5.04. The zero-order valence-corrected chi connectivity index (χ0v) is 10.4. The van der Waals surface area contributed by atoms with Gasteiger partial charge < -0.3 is 5.32 Å². The first-order chi connectivity index (χ1) is 7.16. The minimum Gasteiger partial charge on any atom is -0.352 e. The molecule has 1 aliphatic rings. The first-order valence-electron chi connectivity index (χ1n) is 4.90. The van der Waals surface area contributed by atoms with Crippen LogP contribution in [0.1, 0.15) is 23.2 Å². The molecule has 0 heterocycles. The van der Waals surface area contributed by atoms with Crippen molar-refractivity contribution >= 4 is 33.4 Å². The smallest absolute Gasteiger partial charge is 0.251 e. The van der Waals surface area contributed by atoms with E-state index in [-0.39, 0.29) is 5.91 Å². The number of amides is 1. The van der Waals surface area contributed by atoms with Gasteiger partial charge in [-0.15, -0.1) is 0 Å². The van der Waals surface area contributed by atoms with Gasteiger partial charge in [-0.2, -0.15) is 0 Å². The van der Waals surface area contributed by atoms with Gasteiger partial charge in [0.05, 0.1) is 5.02 Å². The van der Waals surface area contributed by atoms with Crippen LogP contribution in [0, 0.1) is 5.92 Å². The van der Waals surface area contributed by atoms with Crippen molar-refractivity contribution in [2.45, 2.75) is 12.8 Å². The number of nitrogens with one attached hydrogen (secondary N) is 1. The molecule has 0 bridgehead atoms. The summed E-state index contributed by atoms with van der Waals surface area (Å²) in [6.07, 6.45) is 2.47. The molecule has 0 unspecified atom stereocenters. The van der Waals surface area contributed by atoms with Gasteiger partial charge in [0.15, 0.2) is 0 Å². The van der Waals surface area contributed by atoms with Gasteiger partial charge in [0.2, 0.25) is 0 Å². The molecular formula is C11H11BrClNO. The Balaban J connectivity index is 2.00. The number of hydrogen-bond donors (Lipinski definition) is 1. The van der Waals surface area contributed by atoms with Crippen molar-refractivity contribution in [1.82, 2.24) is 5.32 Å². The summed E-state index contributed by atoms with van der Waals surface area (Å²) in [5, 5.41) is 3.46. The van der Waals surface area contributed by atoms with Crippen molar-refractivity contribution in [3.63, 3.8) is 0 Å². The first kappa shape index (κ1) is 11.0. The molecule has 1 N–H and O–H groups in total. The summed E-state index contributed by atoms with van der Waals surface area (Å²) in [5.74, 6) is 0.649. The van der Waals surface area contributed by atoms with Crippen LogP contribution < -0.4 is 5.32 Å². The number of carbonyl (C=O) groups excluding carboxylic acids is 1. The van der Waals surface area contributed by atoms with Crippen LogP contribution in [0.5, 0.6) is 0 Å². The van der Waals surface area contributed by atoms with E-state index in [2.05, 4.69) is 21.2 Å². The van der Waals surface area contributed by atoms with Crippen LogP contribution in [0.4, 0.5) is 0 Å². The van der Waals surface area contributed by atoms with E-state index in [4.69, 9.17) is 11.6 Å². The molecule has 1 saturated carbocycles. The second-order valence-electron chi connectivity index (χ2n) is 3.78. The van der Waals surface area contributed by atoms with Crippen molar-refractivity contribution in [3.8, 4) is 0 Å². The highest BCUT2D eigenvalue weighted by Gasteiger charge is 2.21. The molecule has 2 rings (SSSR count). The normalized spacial score (nSPS) is 15.1. The van der Waals surface area contributed by atoms with Crippen molar-refractivity contribution < 1.29 is 4.79 Å². The second kappa shape index (κ2) is 4.54. The molecule has 2 nitrogen and oxygen atoms in total. The molecule has 1 fully saturated rings. The molecule has 1 amide bonds. The SMILES string of the molecule is O=C(NCC1CC1)c1ccc(Br)c(Cl)c1. The van der Waals surface area contributed by atoms with Gasteiger partial charge in [-0.3, -0.25) is 4.79 Å². The lowest BCUT2D eigenvalue weighted by Crippen LogP contribution is -2.25. The lowest BCUT2D eigenvalue weighted by molar-refractivity contribution is 0.0952. The molecule has 80 valence electrons. The zero-order valence-electron chi connectivity index (χ0n) is 8.09. The maximum atomic E-state index is 11.7. The lowest BCUT2D eigenvalue weighted by Gasteiger charge is -2.04. The highest BCUT2D eigenvalue weighted by atomic mass is 79.9. The molecule has 0 aromatic heterocycles. The monoisotopic (exact) mass is 287 g/mol. The third-order valence-electron chi connectivity index (χ3n) is 2.43. The predicted molar refractivity (Wildman–Crippen MR) is 64.2 cm³/mol. The molecule has 4 heteroatoms. The van der Waals surface area contributed by atoms with Gasteiger partial charge in [0.1, 0.15) is 0 Å². The molecule has 15 heavy (non-hydrogen) atoms. The van der Waals surface area contributed by atoms with Crippen LogP contribution in [-0.4, -0.2) is 12.5 Å². The Labute approximate surface area is 102 Å². The van der Waals surface area contributed by atoms with E-state index in [1.807, 2.05) is 0 Å².